The number of carbonyl (C=O) groups excluding carboxylic acids is 1. The maximum absolute atomic E-state index is 13.1. The third-order valence-electron chi connectivity index (χ3n) is 4.71. The van der Waals surface area contributed by atoms with Crippen LogP contribution in [0.15, 0.2) is 88.9 Å². The Bertz CT molecular complexity index is 1200. The molecule has 162 valence electrons. The number of nitrogens with zero attached hydrogens (tertiary/aromatic N) is 3. The highest BCUT2D eigenvalue weighted by Crippen LogP contribution is 2.33. The van der Waals surface area contributed by atoms with Crippen LogP contribution in [0.2, 0.25) is 5.28 Å². The summed E-state index contributed by atoms with van der Waals surface area (Å²) in [6.07, 6.45) is 0.947. The summed E-state index contributed by atoms with van der Waals surface area (Å²) in [6, 6.07) is 23.5. The molecule has 0 fully saturated rings. The normalized spacial score (nSPS) is 10.8. The van der Waals surface area contributed by atoms with E-state index in [0.717, 1.165) is 16.9 Å². The van der Waals surface area contributed by atoms with Gasteiger partial charge in [0.15, 0.2) is 5.16 Å². The van der Waals surface area contributed by atoms with Crippen molar-refractivity contribution in [2.45, 2.75) is 29.4 Å². The summed E-state index contributed by atoms with van der Waals surface area (Å²) >= 11 is 7.47. The number of hydrogen-bond donors (Lipinski definition) is 1. The predicted octanol–water partition coefficient (Wildman–Crippen LogP) is 5.65. The summed E-state index contributed by atoms with van der Waals surface area (Å²) in [7, 11) is 0. The maximum Gasteiger partial charge on any atom is 0.243 e. The topological polar surface area (TPSA) is 59.8 Å². The number of amides is 1. The first kappa shape index (κ1) is 22.0. The van der Waals surface area contributed by atoms with Gasteiger partial charge in [0.05, 0.1) is 12.1 Å². The number of rotatable bonds is 8. The van der Waals surface area contributed by atoms with Crippen LogP contribution in [0.25, 0.3) is 0 Å². The third kappa shape index (κ3) is 5.96. The molecule has 0 unspecified atom stereocenters. The van der Waals surface area contributed by atoms with Crippen molar-refractivity contribution in [3.63, 3.8) is 0 Å². The van der Waals surface area contributed by atoms with Crippen molar-refractivity contribution in [1.29, 1.82) is 0 Å². The minimum absolute atomic E-state index is 0.151. The predicted molar refractivity (Wildman–Crippen MR) is 124 cm³/mol. The van der Waals surface area contributed by atoms with E-state index in [9.17, 15) is 9.18 Å². The minimum Gasteiger partial charge on any atom is -0.325 e. The van der Waals surface area contributed by atoms with E-state index in [4.69, 9.17) is 11.6 Å². The van der Waals surface area contributed by atoms with Gasteiger partial charge in [0, 0.05) is 11.4 Å². The average molecular weight is 467 g/mol. The average Bonchev–Trinajstić information content (AvgIpc) is 3.15. The highest BCUT2D eigenvalue weighted by Gasteiger charge is 2.14. The van der Waals surface area contributed by atoms with E-state index < -0.39 is 0 Å². The zero-order valence-electron chi connectivity index (χ0n) is 17.0. The second kappa shape index (κ2) is 10.4. The van der Waals surface area contributed by atoms with Crippen molar-refractivity contribution in [2.75, 3.05) is 5.32 Å². The van der Waals surface area contributed by atoms with Gasteiger partial charge in [-0.05, 0) is 65.2 Å². The molecule has 32 heavy (non-hydrogen) atoms. The Kier molecular flexibility index (Phi) is 7.19. The number of halogens is 2. The monoisotopic (exact) mass is 466 g/mol. The van der Waals surface area contributed by atoms with Crippen LogP contribution in [-0.4, -0.2) is 20.7 Å². The molecule has 1 aromatic heterocycles. The minimum atomic E-state index is -0.328. The fourth-order valence-corrected chi connectivity index (χ4v) is 4.30. The van der Waals surface area contributed by atoms with Crippen molar-refractivity contribution < 1.29 is 9.18 Å². The number of hydrogen-bond acceptors (Lipinski definition) is 4. The quantitative estimate of drug-likeness (QED) is 0.364. The van der Waals surface area contributed by atoms with E-state index in [1.807, 2.05) is 42.5 Å². The van der Waals surface area contributed by atoms with Gasteiger partial charge in [0.25, 0.3) is 0 Å². The lowest BCUT2D eigenvalue weighted by Crippen LogP contribution is -2.15. The number of carbonyl (C=O) groups is 1. The Morgan fingerprint density at radius 2 is 1.69 bits per heavy atom. The molecule has 0 radical (unpaired) electrons. The molecule has 0 aliphatic heterocycles. The fourth-order valence-electron chi connectivity index (χ4n) is 3.14. The van der Waals surface area contributed by atoms with Crippen molar-refractivity contribution in [2.24, 2.45) is 0 Å². The van der Waals surface area contributed by atoms with E-state index in [1.165, 1.54) is 29.5 Å². The van der Waals surface area contributed by atoms with E-state index >= 15 is 0 Å². The first-order valence-corrected chi connectivity index (χ1v) is 11.2. The summed E-state index contributed by atoms with van der Waals surface area (Å²) in [4.78, 5) is 17.7. The highest BCUT2D eigenvalue weighted by molar-refractivity contribution is 7.99. The summed E-state index contributed by atoms with van der Waals surface area (Å²) in [5.74, 6) is -0.515. The molecule has 0 bridgehead atoms. The lowest BCUT2D eigenvalue weighted by Gasteiger charge is -2.11. The molecule has 1 amide bonds. The molecule has 0 saturated carbocycles. The lowest BCUT2D eigenvalue weighted by atomic mass is 10.1. The molecular formula is C24H20ClFN4OS. The molecule has 0 atom stereocenters. The molecule has 4 aromatic rings. The van der Waals surface area contributed by atoms with E-state index in [1.54, 1.807) is 16.8 Å². The van der Waals surface area contributed by atoms with Gasteiger partial charge in [-0.3, -0.25) is 4.79 Å². The number of aryl methyl sites for hydroxylation is 2. The Balaban J connectivity index is 1.46. The molecule has 3 aromatic carbocycles. The van der Waals surface area contributed by atoms with E-state index in [-0.39, 0.29) is 23.4 Å². The van der Waals surface area contributed by atoms with Crippen LogP contribution in [0.5, 0.6) is 0 Å². The smallest absolute Gasteiger partial charge is 0.243 e. The molecule has 8 heteroatoms. The van der Waals surface area contributed by atoms with Gasteiger partial charge in [-0.2, -0.15) is 4.98 Å². The van der Waals surface area contributed by atoms with Crippen LogP contribution in [0, 0.1) is 5.82 Å². The second-order valence-electron chi connectivity index (χ2n) is 7.07. The SMILES string of the molecule is O=C(Cc1ccc(F)cc1)Nc1ccccc1Sc1nc(Cl)nn1CCc1ccccc1. The Morgan fingerprint density at radius 3 is 2.47 bits per heavy atom. The van der Waals surface area contributed by atoms with Crippen LogP contribution in [0.4, 0.5) is 10.1 Å². The van der Waals surface area contributed by atoms with Gasteiger partial charge in [0.2, 0.25) is 11.2 Å². The number of nitrogens with one attached hydrogen (secondary N) is 1. The molecular weight excluding hydrogens is 447 g/mol. The van der Waals surface area contributed by atoms with Gasteiger partial charge in [-0.15, -0.1) is 5.10 Å². The second-order valence-corrected chi connectivity index (χ2v) is 8.42. The standard InChI is InChI=1S/C24H20ClFN4OS/c25-23-28-24(30(29-23)15-14-17-6-2-1-3-7-17)32-21-9-5-4-8-20(21)27-22(31)16-18-10-12-19(26)13-11-18/h1-13H,14-16H2,(H,27,31). The van der Waals surface area contributed by atoms with Gasteiger partial charge < -0.3 is 5.32 Å². The first-order valence-electron chi connectivity index (χ1n) is 10.0. The van der Waals surface area contributed by atoms with Crippen molar-refractivity contribution in [1.82, 2.24) is 14.8 Å². The van der Waals surface area contributed by atoms with Crippen LogP contribution < -0.4 is 5.32 Å². The molecule has 0 aliphatic rings. The van der Waals surface area contributed by atoms with E-state index in [2.05, 4.69) is 27.5 Å². The summed E-state index contributed by atoms with van der Waals surface area (Å²) in [5.41, 5.74) is 2.60. The van der Waals surface area contributed by atoms with Crippen LogP contribution in [0.3, 0.4) is 0 Å². The van der Waals surface area contributed by atoms with Crippen molar-refractivity contribution in [3.8, 4) is 0 Å². The first-order chi connectivity index (χ1) is 15.6. The molecule has 0 spiro atoms. The number of benzene rings is 3. The molecule has 4 rings (SSSR count). The summed E-state index contributed by atoms with van der Waals surface area (Å²) in [5, 5.41) is 8.07. The van der Waals surface area contributed by atoms with Crippen LogP contribution in [0.1, 0.15) is 11.1 Å². The molecule has 1 heterocycles. The van der Waals surface area contributed by atoms with E-state index in [0.29, 0.717) is 17.4 Å². The Labute approximate surface area is 194 Å². The lowest BCUT2D eigenvalue weighted by molar-refractivity contribution is -0.115. The fraction of sp³-hybridized carbons (Fsp3) is 0.125. The largest absolute Gasteiger partial charge is 0.325 e. The molecule has 0 saturated heterocycles. The maximum atomic E-state index is 13.1. The highest BCUT2D eigenvalue weighted by atomic mass is 35.5. The number of anilines is 1. The third-order valence-corrected chi connectivity index (χ3v) is 5.93. The Hall–Kier alpha value is -3.16. The van der Waals surface area contributed by atoms with Crippen molar-refractivity contribution >= 4 is 35.0 Å². The van der Waals surface area contributed by atoms with Crippen LogP contribution in [-0.2, 0) is 24.2 Å². The Morgan fingerprint density at radius 1 is 0.969 bits per heavy atom. The summed E-state index contributed by atoms with van der Waals surface area (Å²) < 4.78 is 14.9. The zero-order chi connectivity index (χ0) is 22.3. The van der Waals surface area contributed by atoms with Gasteiger partial charge in [-0.25, -0.2) is 9.07 Å². The van der Waals surface area contributed by atoms with Gasteiger partial charge in [0.1, 0.15) is 5.82 Å². The van der Waals surface area contributed by atoms with Gasteiger partial charge >= 0.3 is 0 Å². The molecule has 5 nitrogen and oxygen atoms in total. The summed E-state index contributed by atoms with van der Waals surface area (Å²) in [6.45, 7) is 0.630. The van der Waals surface area contributed by atoms with Crippen molar-refractivity contribution in [3.05, 3.63) is 101 Å². The zero-order valence-corrected chi connectivity index (χ0v) is 18.6. The van der Waals surface area contributed by atoms with Crippen LogP contribution >= 0.6 is 23.4 Å². The molecule has 0 aliphatic carbocycles. The number of para-hydroxylation sites is 1. The molecule has 1 N–H and O–H groups in total. The number of aromatic nitrogens is 3. The van der Waals surface area contributed by atoms with Gasteiger partial charge in [-0.1, -0.05) is 54.6 Å².